The van der Waals surface area contributed by atoms with Gasteiger partial charge in [0.05, 0.1) is 17.7 Å². The maximum absolute atomic E-state index is 12.8. The quantitative estimate of drug-likeness (QED) is 0.393. The molecule has 0 heterocycles. The summed E-state index contributed by atoms with van der Waals surface area (Å²) in [5.41, 5.74) is 10.1. The minimum Gasteiger partial charge on any atom is -0.372 e. The molecule has 0 radical (unpaired) electrons. The van der Waals surface area contributed by atoms with Crippen molar-refractivity contribution in [2.24, 2.45) is 10.7 Å². The molecule has 5 nitrogen and oxygen atoms in total. The van der Waals surface area contributed by atoms with Crippen molar-refractivity contribution in [2.75, 3.05) is 19.6 Å². The number of aryl methyl sites for hydroxylation is 1. The molecule has 0 aromatic heterocycles. The largest absolute Gasteiger partial charge is 0.372 e. The first-order valence-electron chi connectivity index (χ1n) is 6.95. The lowest BCUT2D eigenvalue weighted by Crippen LogP contribution is -2.06. The van der Waals surface area contributed by atoms with E-state index < -0.39 is 0 Å². The van der Waals surface area contributed by atoms with Gasteiger partial charge in [-0.1, -0.05) is 29.8 Å². The fourth-order valence-corrected chi connectivity index (χ4v) is 1.84. The number of primary amides is 1. The average Bonchev–Trinajstić information content (AvgIpc) is 2.54. The normalized spacial score (nSPS) is 9.91. The van der Waals surface area contributed by atoms with Crippen LogP contribution in [0.4, 0.5) is 15.9 Å². The first-order valence-corrected chi connectivity index (χ1v) is 6.95. The molecule has 0 aliphatic rings. The van der Waals surface area contributed by atoms with Gasteiger partial charge in [-0.25, -0.2) is 10.5 Å². The van der Waals surface area contributed by atoms with Gasteiger partial charge in [-0.3, -0.25) is 4.79 Å². The molecule has 2 rings (SSSR count). The number of hydrogen-bond donors (Lipinski definition) is 2. The Hall–Kier alpha value is -2.89. The molecule has 0 spiro atoms. The number of rotatable bonds is 4. The Kier molecular flexibility index (Phi) is 7.26. The van der Waals surface area contributed by atoms with E-state index in [4.69, 9.17) is 4.79 Å². The van der Waals surface area contributed by atoms with Crippen LogP contribution in [0.5, 0.6) is 0 Å². The van der Waals surface area contributed by atoms with Crippen molar-refractivity contribution in [3.05, 3.63) is 48.0 Å². The van der Waals surface area contributed by atoms with Crippen LogP contribution in [0.25, 0.3) is 11.1 Å². The molecule has 0 saturated heterocycles. The molecule has 3 N–H and O–H groups in total. The van der Waals surface area contributed by atoms with Crippen LogP contribution < -0.4 is 11.3 Å². The maximum Gasteiger partial charge on any atom is 0.204 e. The molecule has 0 fully saturated rings. The van der Waals surface area contributed by atoms with Crippen molar-refractivity contribution in [2.45, 2.75) is 6.92 Å². The van der Waals surface area contributed by atoms with Crippen LogP contribution in [0.2, 0.25) is 0 Å². The van der Waals surface area contributed by atoms with Gasteiger partial charge in [0.25, 0.3) is 0 Å². The second kappa shape index (κ2) is 9.19. The van der Waals surface area contributed by atoms with E-state index in [0.29, 0.717) is 11.4 Å². The summed E-state index contributed by atoms with van der Waals surface area (Å²) in [6.45, 7) is 2.04. The molecule has 1 amide bonds. The van der Waals surface area contributed by atoms with Gasteiger partial charge in [-0.05, 0) is 36.2 Å². The first-order chi connectivity index (χ1) is 11.0. The smallest absolute Gasteiger partial charge is 0.204 e. The van der Waals surface area contributed by atoms with E-state index >= 15 is 0 Å². The second-order valence-electron chi connectivity index (χ2n) is 5.07. The molecule has 6 heteroatoms. The SMILES string of the molecule is Cc1ccc(-c2cc(N=CN(C)C)cc(NF)c2)cc1.NC=O. The zero-order valence-corrected chi connectivity index (χ0v) is 13.5. The van der Waals surface area contributed by atoms with Crippen molar-refractivity contribution < 1.29 is 9.28 Å². The molecule has 0 saturated carbocycles. The van der Waals surface area contributed by atoms with Gasteiger partial charge in [0.2, 0.25) is 6.41 Å². The zero-order chi connectivity index (χ0) is 17.2. The Labute approximate surface area is 135 Å². The van der Waals surface area contributed by atoms with Gasteiger partial charge in [-0.15, -0.1) is 4.48 Å². The minimum absolute atomic E-state index is 0.250. The third-order valence-corrected chi connectivity index (χ3v) is 2.85. The summed E-state index contributed by atoms with van der Waals surface area (Å²) in [5, 5.41) is 0. The maximum atomic E-state index is 12.8. The molecule has 2 aromatic rings. The Morgan fingerprint density at radius 2 is 1.74 bits per heavy atom. The lowest BCUT2D eigenvalue weighted by molar-refractivity contribution is -0.106. The predicted molar refractivity (Wildman–Crippen MR) is 93.4 cm³/mol. The summed E-state index contributed by atoms with van der Waals surface area (Å²) in [6.07, 6.45) is 1.94. The van der Waals surface area contributed by atoms with E-state index in [1.807, 2.05) is 56.3 Å². The molecule has 0 unspecified atom stereocenters. The molecule has 122 valence electrons. The fourth-order valence-electron chi connectivity index (χ4n) is 1.84. The van der Waals surface area contributed by atoms with Gasteiger partial charge in [0.15, 0.2) is 0 Å². The van der Waals surface area contributed by atoms with E-state index in [2.05, 4.69) is 10.7 Å². The number of anilines is 1. The molecule has 0 aliphatic carbocycles. The summed E-state index contributed by atoms with van der Waals surface area (Å²) in [5.74, 6) is 0. The third kappa shape index (κ3) is 6.17. The van der Waals surface area contributed by atoms with Crippen LogP contribution in [0.15, 0.2) is 47.5 Å². The monoisotopic (exact) mass is 316 g/mol. The molecule has 0 atom stereocenters. The third-order valence-electron chi connectivity index (χ3n) is 2.85. The Balaban J connectivity index is 0.000000816. The topological polar surface area (TPSA) is 70.7 Å². The number of nitrogens with two attached hydrogens (primary N) is 1. The molecule has 0 aliphatic heterocycles. The van der Waals surface area contributed by atoms with Crippen molar-refractivity contribution in [1.82, 2.24) is 4.90 Å². The van der Waals surface area contributed by atoms with Crippen LogP contribution in [0.1, 0.15) is 5.56 Å². The molecule has 23 heavy (non-hydrogen) atoms. The van der Waals surface area contributed by atoms with E-state index in [1.165, 1.54) is 5.56 Å². The molecule has 2 aromatic carbocycles. The number of aliphatic imine (C=N–C) groups is 1. The number of amides is 1. The van der Waals surface area contributed by atoms with E-state index in [0.717, 1.165) is 11.1 Å². The fraction of sp³-hybridized carbons (Fsp3) is 0.176. The highest BCUT2D eigenvalue weighted by Crippen LogP contribution is 2.29. The summed E-state index contributed by atoms with van der Waals surface area (Å²) in [6, 6.07) is 13.5. The zero-order valence-electron chi connectivity index (χ0n) is 13.5. The number of benzene rings is 2. The summed E-state index contributed by atoms with van der Waals surface area (Å²) < 4.78 is 12.8. The predicted octanol–water partition coefficient (Wildman–Crippen LogP) is 3.28. The molecular formula is C17H21FN4O. The average molecular weight is 316 g/mol. The number of nitrogens with one attached hydrogen (secondary N) is 1. The Morgan fingerprint density at radius 1 is 1.13 bits per heavy atom. The second-order valence-corrected chi connectivity index (χ2v) is 5.07. The van der Waals surface area contributed by atoms with Gasteiger partial charge in [-0.2, -0.15) is 0 Å². The number of carbonyl (C=O) groups excluding carboxylic acids is 1. The van der Waals surface area contributed by atoms with Crippen molar-refractivity contribution in [1.29, 1.82) is 0 Å². The molecule has 0 bridgehead atoms. The molecular weight excluding hydrogens is 295 g/mol. The highest BCUT2D eigenvalue weighted by Gasteiger charge is 2.03. The van der Waals surface area contributed by atoms with Crippen molar-refractivity contribution in [3.63, 3.8) is 0 Å². The van der Waals surface area contributed by atoms with Crippen LogP contribution in [0, 0.1) is 6.92 Å². The van der Waals surface area contributed by atoms with Crippen molar-refractivity contribution >= 4 is 24.1 Å². The standard InChI is InChI=1S/C16H18FN3.CH3NO/c1-12-4-6-13(7-5-12)14-8-15(18-11-20(2)3)10-16(9-14)19-17;2-1-3/h4-11,19H,1-3H3;1H,(H2,2,3). The Morgan fingerprint density at radius 3 is 2.26 bits per heavy atom. The summed E-state index contributed by atoms with van der Waals surface area (Å²) in [7, 11) is 3.78. The van der Waals surface area contributed by atoms with Gasteiger partial charge < -0.3 is 10.6 Å². The Bertz CT molecular complexity index is 654. The summed E-state index contributed by atoms with van der Waals surface area (Å²) >= 11 is 0. The van der Waals surface area contributed by atoms with Gasteiger partial charge >= 0.3 is 0 Å². The van der Waals surface area contributed by atoms with Gasteiger partial charge in [0.1, 0.15) is 0 Å². The van der Waals surface area contributed by atoms with Crippen molar-refractivity contribution in [3.8, 4) is 11.1 Å². The van der Waals surface area contributed by atoms with E-state index in [1.54, 1.807) is 24.0 Å². The van der Waals surface area contributed by atoms with Crippen LogP contribution >= 0.6 is 0 Å². The summed E-state index contributed by atoms with van der Waals surface area (Å²) in [4.78, 5) is 14.7. The number of halogens is 1. The van der Waals surface area contributed by atoms with Crippen LogP contribution in [-0.4, -0.2) is 31.7 Å². The number of nitrogens with zero attached hydrogens (tertiary/aromatic N) is 2. The van der Waals surface area contributed by atoms with E-state index in [9.17, 15) is 4.48 Å². The number of carbonyl (C=O) groups is 1. The van der Waals surface area contributed by atoms with Gasteiger partial charge in [0, 0.05) is 14.1 Å². The van der Waals surface area contributed by atoms with Crippen LogP contribution in [-0.2, 0) is 4.79 Å². The van der Waals surface area contributed by atoms with Crippen LogP contribution in [0.3, 0.4) is 0 Å². The highest BCUT2D eigenvalue weighted by molar-refractivity contribution is 5.74. The first kappa shape index (κ1) is 18.2. The lowest BCUT2D eigenvalue weighted by atomic mass is 10.0. The van der Waals surface area contributed by atoms with E-state index in [-0.39, 0.29) is 6.41 Å². The minimum atomic E-state index is 0.250. The lowest BCUT2D eigenvalue weighted by Gasteiger charge is -2.08. The highest BCUT2D eigenvalue weighted by atomic mass is 19.2. The number of hydrogen-bond acceptors (Lipinski definition) is 3.